The number of thioether (sulfide) groups is 1. The number of nitrogens with one attached hydrogen (secondary N) is 2. The highest BCUT2D eigenvalue weighted by molar-refractivity contribution is 7.99. The Kier molecular flexibility index (Phi) is 9.35. The van der Waals surface area contributed by atoms with Gasteiger partial charge in [-0.2, -0.15) is 5.10 Å². The maximum atomic E-state index is 13.6. The third-order valence-corrected chi connectivity index (χ3v) is 9.92. The molecule has 6 aromatic rings. The summed E-state index contributed by atoms with van der Waals surface area (Å²) in [7, 11) is 0. The van der Waals surface area contributed by atoms with Crippen LogP contribution >= 0.6 is 11.8 Å². The SMILES string of the molecule is Cc1ccc(-n2nc(C(C)(C)C)cc2NC(=O)NC2CC[C@@H](Oc3ccc4nnc(-c5ccccc5SCCO)n4c3)c3ccccc32)cc1. The molecule has 0 saturated heterocycles. The van der Waals surface area contributed by atoms with Gasteiger partial charge in [0, 0.05) is 27.7 Å². The van der Waals surface area contributed by atoms with Gasteiger partial charge in [-0.1, -0.05) is 80.9 Å². The van der Waals surface area contributed by atoms with Crippen LogP contribution in [0, 0.1) is 6.92 Å². The maximum Gasteiger partial charge on any atom is 0.320 e. The number of urea groups is 1. The smallest absolute Gasteiger partial charge is 0.320 e. The molecule has 0 aliphatic heterocycles. The van der Waals surface area contributed by atoms with E-state index in [2.05, 4.69) is 53.7 Å². The van der Waals surface area contributed by atoms with E-state index in [4.69, 9.17) is 9.84 Å². The number of anilines is 1. The van der Waals surface area contributed by atoms with Gasteiger partial charge in [0.05, 0.1) is 30.2 Å². The van der Waals surface area contributed by atoms with Gasteiger partial charge in [0.1, 0.15) is 17.7 Å². The van der Waals surface area contributed by atoms with Crippen LogP contribution in [0.2, 0.25) is 0 Å². The Morgan fingerprint density at radius 3 is 2.50 bits per heavy atom. The van der Waals surface area contributed by atoms with E-state index in [9.17, 15) is 9.90 Å². The van der Waals surface area contributed by atoms with Gasteiger partial charge in [0.25, 0.3) is 0 Å². The van der Waals surface area contributed by atoms with Gasteiger partial charge in [-0.15, -0.1) is 22.0 Å². The van der Waals surface area contributed by atoms with Gasteiger partial charge in [-0.05, 0) is 61.2 Å². The van der Waals surface area contributed by atoms with Gasteiger partial charge in [0.2, 0.25) is 0 Å². The first kappa shape index (κ1) is 33.4. The second-order valence-corrected chi connectivity index (χ2v) is 14.7. The Bertz CT molecular complexity index is 2130. The molecule has 3 N–H and O–H groups in total. The third kappa shape index (κ3) is 6.97. The number of carbonyl (C=O) groups excluding carboxylic acids is 1. The average Bonchev–Trinajstić information content (AvgIpc) is 3.73. The summed E-state index contributed by atoms with van der Waals surface area (Å²) in [5.41, 5.74) is 6.46. The zero-order valence-corrected chi connectivity index (χ0v) is 29.4. The van der Waals surface area contributed by atoms with Gasteiger partial charge >= 0.3 is 6.03 Å². The zero-order valence-electron chi connectivity index (χ0n) is 28.6. The maximum absolute atomic E-state index is 13.6. The molecule has 1 aliphatic carbocycles. The van der Waals surface area contributed by atoms with Crippen molar-refractivity contribution in [1.29, 1.82) is 0 Å². The molecule has 50 heavy (non-hydrogen) atoms. The lowest BCUT2D eigenvalue weighted by Gasteiger charge is -2.32. The average molecular weight is 688 g/mol. The Labute approximate surface area is 295 Å². The zero-order chi connectivity index (χ0) is 34.8. The minimum absolute atomic E-state index is 0.0967. The molecule has 0 spiro atoms. The molecule has 3 aromatic carbocycles. The lowest BCUT2D eigenvalue weighted by molar-refractivity contribution is 0.171. The summed E-state index contributed by atoms with van der Waals surface area (Å²) in [6, 6.07) is 29.5. The molecule has 2 atom stereocenters. The van der Waals surface area contributed by atoms with Crippen molar-refractivity contribution in [3.05, 3.63) is 120 Å². The van der Waals surface area contributed by atoms with Crippen molar-refractivity contribution in [1.82, 2.24) is 29.7 Å². The monoisotopic (exact) mass is 687 g/mol. The Morgan fingerprint density at radius 2 is 1.72 bits per heavy atom. The standard InChI is InChI=1S/C39H41N7O3S/c1-25-13-15-26(16-14-25)46-36(23-34(44-46)39(2,3)4)41-38(48)40-31-18-19-32(29-10-6-5-9-28(29)31)49-27-17-20-35-42-43-37(45(35)24-27)30-11-7-8-12-33(30)50-22-21-47/h5-17,20,23-24,31-32,47H,18-19,21-22H2,1-4H3,(H2,40,41,48)/t31?,32-/m1/s1. The molecule has 0 bridgehead atoms. The summed E-state index contributed by atoms with van der Waals surface area (Å²) in [6.45, 7) is 8.47. The van der Waals surface area contributed by atoms with Crippen LogP contribution in [0.15, 0.2) is 102 Å². The van der Waals surface area contributed by atoms with E-state index in [0.717, 1.165) is 38.5 Å². The second-order valence-electron chi connectivity index (χ2n) is 13.6. The first-order valence-electron chi connectivity index (χ1n) is 16.9. The van der Waals surface area contributed by atoms with E-state index in [1.54, 1.807) is 16.4 Å². The lowest BCUT2D eigenvalue weighted by Crippen LogP contribution is -2.36. The van der Waals surface area contributed by atoms with Crippen LogP contribution in [0.3, 0.4) is 0 Å². The Morgan fingerprint density at radius 1 is 0.960 bits per heavy atom. The molecule has 11 heteroatoms. The number of hydrogen-bond acceptors (Lipinski definition) is 7. The number of aliphatic hydroxyl groups is 1. The molecule has 0 fully saturated rings. The highest BCUT2D eigenvalue weighted by atomic mass is 32.2. The number of amides is 2. The lowest BCUT2D eigenvalue weighted by atomic mass is 9.85. The van der Waals surface area contributed by atoms with E-state index in [0.29, 0.717) is 41.6 Å². The summed E-state index contributed by atoms with van der Waals surface area (Å²) in [5.74, 6) is 2.61. The van der Waals surface area contributed by atoms with Crippen LogP contribution in [-0.2, 0) is 5.41 Å². The predicted octanol–water partition coefficient (Wildman–Crippen LogP) is 8.05. The highest BCUT2D eigenvalue weighted by Gasteiger charge is 2.30. The van der Waals surface area contributed by atoms with Crippen molar-refractivity contribution < 1.29 is 14.6 Å². The largest absolute Gasteiger partial charge is 0.484 e. The van der Waals surface area contributed by atoms with E-state index in [1.807, 2.05) is 96.4 Å². The van der Waals surface area contributed by atoms with Crippen molar-refractivity contribution in [3.8, 4) is 22.8 Å². The topological polar surface area (TPSA) is 119 Å². The molecule has 7 rings (SSSR count). The summed E-state index contributed by atoms with van der Waals surface area (Å²) in [4.78, 5) is 14.6. The van der Waals surface area contributed by atoms with E-state index in [-0.39, 0.29) is 30.2 Å². The van der Waals surface area contributed by atoms with Crippen LogP contribution in [0.1, 0.15) is 68.1 Å². The number of carbonyl (C=O) groups is 1. The molecule has 10 nitrogen and oxygen atoms in total. The third-order valence-electron chi connectivity index (χ3n) is 8.87. The van der Waals surface area contributed by atoms with Crippen LogP contribution < -0.4 is 15.4 Å². The number of benzene rings is 3. The molecule has 0 radical (unpaired) electrons. The first-order valence-corrected chi connectivity index (χ1v) is 17.8. The van der Waals surface area contributed by atoms with Crippen molar-refractivity contribution in [2.45, 2.75) is 63.0 Å². The quantitative estimate of drug-likeness (QED) is 0.132. The second kappa shape index (κ2) is 14.0. The number of aryl methyl sites for hydroxylation is 1. The van der Waals surface area contributed by atoms with Gasteiger partial charge in [0.15, 0.2) is 11.5 Å². The predicted molar refractivity (Wildman–Crippen MR) is 197 cm³/mol. The van der Waals surface area contributed by atoms with Crippen LogP contribution in [-0.4, -0.2) is 47.9 Å². The molecule has 256 valence electrons. The molecular formula is C39H41N7O3S. The molecule has 1 aliphatic rings. The Balaban J connectivity index is 1.10. The number of ether oxygens (including phenoxy) is 1. The minimum atomic E-state index is -0.291. The molecular weight excluding hydrogens is 647 g/mol. The Hall–Kier alpha value is -5.13. The van der Waals surface area contributed by atoms with Crippen molar-refractivity contribution in [2.24, 2.45) is 0 Å². The van der Waals surface area contributed by atoms with E-state index >= 15 is 0 Å². The number of aromatic nitrogens is 5. The van der Waals surface area contributed by atoms with Gasteiger partial charge < -0.3 is 15.2 Å². The van der Waals surface area contributed by atoms with Crippen molar-refractivity contribution in [3.63, 3.8) is 0 Å². The molecule has 1 unspecified atom stereocenters. The first-order chi connectivity index (χ1) is 24.2. The summed E-state index contributed by atoms with van der Waals surface area (Å²) in [5, 5.41) is 29.4. The fourth-order valence-electron chi connectivity index (χ4n) is 6.27. The van der Waals surface area contributed by atoms with E-state index in [1.165, 1.54) is 0 Å². The summed E-state index contributed by atoms with van der Waals surface area (Å²) >= 11 is 1.58. The van der Waals surface area contributed by atoms with E-state index < -0.39 is 0 Å². The van der Waals surface area contributed by atoms with Gasteiger partial charge in [-0.3, -0.25) is 9.72 Å². The number of pyridine rings is 1. The van der Waals surface area contributed by atoms with Crippen molar-refractivity contribution >= 4 is 29.3 Å². The molecule has 3 heterocycles. The fourth-order valence-corrected chi connectivity index (χ4v) is 7.08. The number of hydrogen-bond donors (Lipinski definition) is 3. The summed E-state index contributed by atoms with van der Waals surface area (Å²) < 4.78 is 10.4. The highest BCUT2D eigenvalue weighted by Crippen LogP contribution is 2.39. The molecule has 3 aromatic heterocycles. The fraction of sp³-hybridized carbons (Fsp3) is 0.282. The summed E-state index contributed by atoms with van der Waals surface area (Å²) in [6.07, 6.45) is 3.15. The van der Waals surface area contributed by atoms with Crippen LogP contribution in [0.4, 0.5) is 10.6 Å². The number of rotatable bonds is 9. The molecule has 2 amide bonds. The van der Waals surface area contributed by atoms with Crippen LogP contribution in [0.25, 0.3) is 22.7 Å². The van der Waals surface area contributed by atoms with Crippen molar-refractivity contribution in [2.75, 3.05) is 17.7 Å². The van der Waals surface area contributed by atoms with Crippen LogP contribution in [0.5, 0.6) is 5.75 Å². The molecule has 0 saturated carbocycles. The minimum Gasteiger partial charge on any atom is -0.484 e. The number of nitrogens with zero attached hydrogens (tertiary/aromatic N) is 5. The van der Waals surface area contributed by atoms with Gasteiger partial charge in [-0.25, -0.2) is 9.48 Å². The number of fused-ring (bicyclic) bond motifs is 2. The normalized spacial score (nSPS) is 15.9. The number of aliphatic hydroxyl groups excluding tert-OH is 1.